The highest BCUT2D eigenvalue weighted by atomic mass is 35.5. The van der Waals surface area contributed by atoms with Gasteiger partial charge in [-0.1, -0.05) is 23.7 Å². The number of benzene rings is 2. The fourth-order valence-corrected chi connectivity index (χ4v) is 5.74. The van der Waals surface area contributed by atoms with Crippen molar-refractivity contribution in [1.29, 1.82) is 0 Å². The van der Waals surface area contributed by atoms with Gasteiger partial charge < -0.3 is 10.2 Å². The maximum absolute atomic E-state index is 13.1. The summed E-state index contributed by atoms with van der Waals surface area (Å²) in [6, 6.07) is 10.3. The van der Waals surface area contributed by atoms with E-state index >= 15 is 0 Å². The zero-order valence-electron chi connectivity index (χ0n) is 16.7. The van der Waals surface area contributed by atoms with Crippen LogP contribution in [0.1, 0.15) is 19.3 Å². The predicted molar refractivity (Wildman–Crippen MR) is 122 cm³/mol. The van der Waals surface area contributed by atoms with Crippen LogP contribution in [0.3, 0.4) is 0 Å². The number of piperazine rings is 1. The molecule has 2 aliphatic heterocycles. The van der Waals surface area contributed by atoms with Crippen LogP contribution in [0.15, 0.2) is 41.3 Å². The van der Waals surface area contributed by atoms with Gasteiger partial charge in [0.1, 0.15) is 0 Å². The maximum Gasteiger partial charge on any atom is 0.243 e. The number of carbonyl (C=O) groups excluding carboxylic acids is 1. The molecule has 0 radical (unpaired) electrons. The highest BCUT2D eigenvalue weighted by Gasteiger charge is 2.33. The summed E-state index contributed by atoms with van der Waals surface area (Å²) in [5.41, 5.74) is 0. The normalized spacial score (nSPS) is 19.1. The lowest BCUT2D eigenvalue weighted by Crippen LogP contribution is -2.52. The summed E-state index contributed by atoms with van der Waals surface area (Å²) in [7, 11) is -3.71. The molecule has 164 valence electrons. The topological polar surface area (TPSA) is 69.7 Å². The highest BCUT2D eigenvalue weighted by molar-refractivity contribution is 7.89. The molecule has 0 aliphatic carbocycles. The first-order valence-electron chi connectivity index (χ1n) is 10.1. The van der Waals surface area contributed by atoms with Crippen molar-refractivity contribution >= 4 is 50.7 Å². The second-order valence-electron chi connectivity index (χ2n) is 7.85. The molecular formula is C21H27Cl2N3O3S. The van der Waals surface area contributed by atoms with Gasteiger partial charge in [-0.15, -0.1) is 12.4 Å². The summed E-state index contributed by atoms with van der Waals surface area (Å²) in [6.07, 6.45) is 3.29. The number of halogens is 2. The lowest BCUT2D eigenvalue weighted by atomic mass is 9.94. The van der Waals surface area contributed by atoms with E-state index < -0.39 is 10.0 Å². The highest BCUT2D eigenvalue weighted by Crippen LogP contribution is 2.25. The number of fused-ring (bicyclic) bond motifs is 1. The summed E-state index contributed by atoms with van der Waals surface area (Å²) in [6.45, 7) is 3.50. The summed E-state index contributed by atoms with van der Waals surface area (Å²) >= 11 is 6.00. The van der Waals surface area contributed by atoms with Crippen LogP contribution in [0.4, 0.5) is 0 Å². The molecule has 0 bridgehead atoms. The molecule has 9 heteroatoms. The van der Waals surface area contributed by atoms with E-state index in [9.17, 15) is 13.2 Å². The number of hydrogen-bond acceptors (Lipinski definition) is 4. The lowest BCUT2D eigenvalue weighted by molar-refractivity contribution is -0.134. The number of nitrogens with one attached hydrogen (secondary N) is 1. The van der Waals surface area contributed by atoms with Gasteiger partial charge in [-0.05, 0) is 73.3 Å². The largest absolute Gasteiger partial charge is 0.340 e. The Morgan fingerprint density at radius 1 is 1.03 bits per heavy atom. The fourth-order valence-electron chi connectivity index (χ4n) is 4.14. The minimum absolute atomic E-state index is 0. The van der Waals surface area contributed by atoms with E-state index in [-0.39, 0.29) is 29.8 Å². The maximum atomic E-state index is 13.1. The summed E-state index contributed by atoms with van der Waals surface area (Å²) in [5.74, 6) is 0.540. The first-order valence-corrected chi connectivity index (χ1v) is 11.9. The van der Waals surface area contributed by atoms with E-state index in [0.717, 1.165) is 43.1 Å². The zero-order chi connectivity index (χ0) is 20.4. The van der Waals surface area contributed by atoms with Crippen molar-refractivity contribution in [3.8, 4) is 0 Å². The number of sulfonamides is 1. The van der Waals surface area contributed by atoms with Gasteiger partial charge in [0, 0.05) is 24.7 Å². The third-order valence-electron chi connectivity index (χ3n) is 5.96. The van der Waals surface area contributed by atoms with Gasteiger partial charge in [-0.3, -0.25) is 4.79 Å². The summed E-state index contributed by atoms with van der Waals surface area (Å²) in [5, 5.41) is 5.66. The Bertz CT molecular complexity index is 1010. The van der Waals surface area contributed by atoms with Crippen LogP contribution in [-0.2, 0) is 14.8 Å². The summed E-state index contributed by atoms with van der Waals surface area (Å²) < 4.78 is 27.5. The molecule has 0 aromatic heterocycles. The Hall–Kier alpha value is -1.38. The van der Waals surface area contributed by atoms with Gasteiger partial charge in [-0.2, -0.15) is 4.31 Å². The predicted octanol–water partition coefficient (Wildman–Crippen LogP) is 3.14. The molecule has 0 spiro atoms. The van der Waals surface area contributed by atoms with Gasteiger partial charge in [0.2, 0.25) is 15.9 Å². The average molecular weight is 472 g/mol. The van der Waals surface area contributed by atoms with E-state index in [4.69, 9.17) is 11.6 Å². The minimum Gasteiger partial charge on any atom is -0.340 e. The Balaban J connectivity index is 0.00000256. The van der Waals surface area contributed by atoms with Crippen LogP contribution >= 0.6 is 24.0 Å². The van der Waals surface area contributed by atoms with Crippen LogP contribution in [0.25, 0.3) is 10.8 Å². The van der Waals surface area contributed by atoms with Crippen molar-refractivity contribution < 1.29 is 13.2 Å². The Labute approximate surface area is 189 Å². The van der Waals surface area contributed by atoms with Gasteiger partial charge in [0.15, 0.2) is 0 Å². The van der Waals surface area contributed by atoms with Crippen molar-refractivity contribution in [2.75, 3.05) is 39.3 Å². The van der Waals surface area contributed by atoms with Crippen LogP contribution in [0.5, 0.6) is 0 Å². The van der Waals surface area contributed by atoms with Crippen molar-refractivity contribution in [1.82, 2.24) is 14.5 Å². The zero-order valence-corrected chi connectivity index (χ0v) is 19.1. The molecule has 2 saturated heterocycles. The van der Waals surface area contributed by atoms with Crippen molar-refractivity contribution in [3.05, 3.63) is 41.4 Å². The number of carbonyl (C=O) groups is 1. The van der Waals surface area contributed by atoms with Crippen LogP contribution < -0.4 is 5.32 Å². The molecule has 2 heterocycles. The minimum atomic E-state index is -3.71. The molecule has 30 heavy (non-hydrogen) atoms. The number of rotatable bonds is 5. The number of nitrogens with zero attached hydrogens (tertiary/aromatic N) is 2. The Morgan fingerprint density at radius 2 is 1.73 bits per heavy atom. The third kappa shape index (κ3) is 5.08. The quantitative estimate of drug-likeness (QED) is 0.726. The molecule has 0 atom stereocenters. The van der Waals surface area contributed by atoms with Gasteiger partial charge in [-0.25, -0.2) is 8.42 Å². The Kier molecular flexibility index (Phi) is 7.63. The molecule has 2 aliphatic rings. The molecular weight excluding hydrogens is 445 g/mol. The van der Waals surface area contributed by atoms with Crippen molar-refractivity contribution in [3.63, 3.8) is 0 Å². The van der Waals surface area contributed by atoms with Crippen LogP contribution in [0, 0.1) is 5.92 Å². The third-order valence-corrected chi connectivity index (χ3v) is 8.04. The second kappa shape index (κ2) is 9.83. The molecule has 2 fully saturated rings. The molecule has 4 rings (SSSR count). The fraction of sp³-hybridized carbons (Fsp3) is 0.476. The van der Waals surface area contributed by atoms with E-state index in [1.807, 2.05) is 4.90 Å². The molecule has 2 aromatic rings. The molecule has 2 aromatic carbocycles. The number of hydrogen-bond donors (Lipinski definition) is 1. The van der Waals surface area contributed by atoms with Crippen molar-refractivity contribution in [2.45, 2.75) is 24.2 Å². The Morgan fingerprint density at radius 3 is 2.47 bits per heavy atom. The van der Waals surface area contributed by atoms with Crippen LogP contribution in [0.2, 0.25) is 5.02 Å². The monoisotopic (exact) mass is 471 g/mol. The average Bonchev–Trinajstić information content (AvgIpc) is 2.73. The number of piperidine rings is 1. The van der Waals surface area contributed by atoms with E-state index in [1.165, 1.54) is 4.31 Å². The standard InChI is InChI=1S/C21H26ClN3O3S.ClH/c22-19-3-1-18-14-20(4-2-17(18)13-19)29(27,28)25-12-11-24(21(26)15-25)10-7-16-5-8-23-9-6-16;/h1-4,13-14,16,23H,5-12,15H2;1H. The first-order chi connectivity index (χ1) is 13.9. The van der Waals surface area contributed by atoms with Gasteiger partial charge >= 0.3 is 0 Å². The van der Waals surface area contributed by atoms with E-state index in [2.05, 4.69) is 5.32 Å². The second-order valence-corrected chi connectivity index (χ2v) is 10.2. The van der Waals surface area contributed by atoms with E-state index in [1.54, 1.807) is 36.4 Å². The van der Waals surface area contributed by atoms with Gasteiger partial charge in [0.25, 0.3) is 0 Å². The molecule has 6 nitrogen and oxygen atoms in total. The summed E-state index contributed by atoms with van der Waals surface area (Å²) in [4.78, 5) is 14.6. The smallest absolute Gasteiger partial charge is 0.243 e. The molecule has 0 saturated carbocycles. The van der Waals surface area contributed by atoms with E-state index in [0.29, 0.717) is 30.6 Å². The SMILES string of the molecule is Cl.O=C1CN(S(=O)(=O)c2ccc3cc(Cl)ccc3c2)CCN1CCC1CCNCC1. The number of amides is 1. The van der Waals surface area contributed by atoms with Crippen LogP contribution in [-0.4, -0.2) is 62.8 Å². The lowest BCUT2D eigenvalue weighted by Gasteiger charge is -2.34. The first kappa shape index (κ1) is 23.3. The molecule has 0 unspecified atom stereocenters. The van der Waals surface area contributed by atoms with Crippen molar-refractivity contribution in [2.24, 2.45) is 5.92 Å². The molecule has 1 amide bonds. The molecule has 1 N–H and O–H groups in total. The van der Waals surface area contributed by atoms with Gasteiger partial charge in [0.05, 0.1) is 11.4 Å².